The molecule has 1 aromatic heterocycles. The fourth-order valence-electron chi connectivity index (χ4n) is 3.87. The van der Waals surface area contributed by atoms with E-state index in [9.17, 15) is 14.4 Å². The van der Waals surface area contributed by atoms with Gasteiger partial charge in [-0.25, -0.2) is 4.39 Å². The first-order valence-corrected chi connectivity index (χ1v) is 10.6. The molecule has 0 radical (unpaired) electrons. The summed E-state index contributed by atoms with van der Waals surface area (Å²) in [4.78, 5) is 14.8. The quantitative estimate of drug-likeness (QED) is 0.424. The van der Waals surface area contributed by atoms with Crippen molar-refractivity contribution < 1.29 is 13.9 Å². The minimum Gasteiger partial charge on any atom is -0.493 e. The van der Waals surface area contributed by atoms with E-state index in [2.05, 4.69) is 16.3 Å². The number of carbonyl (C=O) groups is 1. The summed E-state index contributed by atoms with van der Waals surface area (Å²) in [6, 6.07) is 18.3. The van der Waals surface area contributed by atoms with Crippen LogP contribution < -0.4 is 4.74 Å². The number of nitrogens with one attached hydrogen (secondary N) is 1. The van der Waals surface area contributed by atoms with Crippen LogP contribution in [0, 0.1) is 11.3 Å². The number of H-pyrrole nitrogens is 1. The third kappa shape index (κ3) is 4.41. The van der Waals surface area contributed by atoms with Crippen molar-refractivity contribution in [1.82, 2.24) is 15.1 Å². The molecule has 0 aliphatic heterocycles. The molecular formula is C26H23FN4O2. The summed E-state index contributed by atoms with van der Waals surface area (Å²) in [6.07, 6.45) is 1.60. The maximum atomic E-state index is 13.2. The molecule has 0 spiro atoms. The maximum Gasteiger partial charge on any atom is 0.254 e. The minimum absolute atomic E-state index is 0.171. The van der Waals surface area contributed by atoms with Crippen molar-refractivity contribution in [3.05, 3.63) is 83.0 Å². The third-order valence-corrected chi connectivity index (χ3v) is 5.52. The summed E-state index contributed by atoms with van der Waals surface area (Å²) in [5.74, 6) is 0.408. The Balaban J connectivity index is 1.62. The zero-order valence-electron chi connectivity index (χ0n) is 18.4. The van der Waals surface area contributed by atoms with Gasteiger partial charge in [0, 0.05) is 30.1 Å². The number of nitriles is 1. The van der Waals surface area contributed by atoms with Crippen LogP contribution in [0.4, 0.5) is 4.39 Å². The van der Waals surface area contributed by atoms with E-state index in [4.69, 9.17) is 4.74 Å². The molecule has 0 aliphatic rings. The number of halogens is 1. The van der Waals surface area contributed by atoms with Crippen LogP contribution in [0.3, 0.4) is 0 Å². The van der Waals surface area contributed by atoms with E-state index in [1.165, 1.54) is 0 Å². The second kappa shape index (κ2) is 9.53. The van der Waals surface area contributed by atoms with Crippen molar-refractivity contribution in [2.45, 2.75) is 20.1 Å². The fourth-order valence-corrected chi connectivity index (χ4v) is 3.87. The molecule has 33 heavy (non-hydrogen) atoms. The van der Waals surface area contributed by atoms with Crippen LogP contribution in [0.15, 0.2) is 60.8 Å². The molecule has 0 saturated carbocycles. The van der Waals surface area contributed by atoms with Crippen LogP contribution in [-0.4, -0.2) is 34.7 Å². The molecule has 0 aliphatic carbocycles. The highest BCUT2D eigenvalue weighted by Gasteiger charge is 2.18. The molecule has 6 nitrogen and oxygen atoms in total. The first-order valence-electron chi connectivity index (χ1n) is 10.6. The van der Waals surface area contributed by atoms with Crippen molar-refractivity contribution >= 4 is 16.8 Å². The average molecular weight is 442 g/mol. The number of aromatic nitrogens is 2. The average Bonchev–Trinajstić information content (AvgIpc) is 3.34. The van der Waals surface area contributed by atoms with Crippen LogP contribution in [0.2, 0.25) is 0 Å². The van der Waals surface area contributed by atoms with Crippen molar-refractivity contribution in [3.8, 4) is 22.9 Å². The number of amides is 1. The lowest BCUT2D eigenvalue weighted by atomic mass is 10.00. The highest BCUT2D eigenvalue weighted by Crippen LogP contribution is 2.32. The van der Waals surface area contributed by atoms with Gasteiger partial charge in [-0.3, -0.25) is 9.89 Å². The van der Waals surface area contributed by atoms with Gasteiger partial charge in [0.25, 0.3) is 5.91 Å². The van der Waals surface area contributed by atoms with Crippen molar-refractivity contribution in [2.75, 3.05) is 13.7 Å². The molecule has 1 amide bonds. The zero-order chi connectivity index (χ0) is 23.4. The molecule has 0 atom stereocenters. The first-order chi connectivity index (χ1) is 16.0. The van der Waals surface area contributed by atoms with E-state index in [0.717, 1.165) is 27.6 Å². The van der Waals surface area contributed by atoms with Gasteiger partial charge in [0.15, 0.2) is 0 Å². The highest BCUT2D eigenvalue weighted by molar-refractivity contribution is 5.96. The molecule has 4 rings (SSSR count). The summed E-state index contributed by atoms with van der Waals surface area (Å²) in [6.45, 7) is 2.08. The number of rotatable bonds is 7. The summed E-state index contributed by atoms with van der Waals surface area (Å²) in [5, 5.41) is 16.9. The van der Waals surface area contributed by atoms with Gasteiger partial charge >= 0.3 is 0 Å². The topological polar surface area (TPSA) is 82.0 Å². The third-order valence-electron chi connectivity index (χ3n) is 5.52. The number of hydrogen-bond acceptors (Lipinski definition) is 4. The van der Waals surface area contributed by atoms with Gasteiger partial charge in [0.1, 0.15) is 12.4 Å². The number of benzene rings is 3. The van der Waals surface area contributed by atoms with E-state index in [1.54, 1.807) is 48.5 Å². The van der Waals surface area contributed by atoms with Gasteiger partial charge in [-0.05, 0) is 53.9 Å². The molecule has 1 heterocycles. The van der Waals surface area contributed by atoms with Crippen LogP contribution in [0.25, 0.3) is 22.0 Å². The number of aromatic amines is 1. The normalized spacial score (nSPS) is 10.7. The summed E-state index contributed by atoms with van der Waals surface area (Å²) in [7, 11) is 1.72. The standard InChI is InChI=1S/C26H23FN4O2/c1-3-33-24-12-19(9-10-22(24)18-6-4-5-17(11-18)14-28)26(32)31(2)16-21-8-7-20(13-27)23-15-29-30-25(21)23/h4-12,15H,3,13,16H2,1-2H3,(H,29,30). The Labute approximate surface area is 191 Å². The van der Waals surface area contributed by atoms with E-state index in [1.807, 2.05) is 31.2 Å². The fraction of sp³-hybridized carbons (Fsp3) is 0.192. The second-order valence-electron chi connectivity index (χ2n) is 7.67. The van der Waals surface area contributed by atoms with Crippen LogP contribution in [0.1, 0.15) is 34.0 Å². The number of nitrogens with zero attached hydrogens (tertiary/aromatic N) is 3. The van der Waals surface area contributed by atoms with Crippen molar-refractivity contribution in [3.63, 3.8) is 0 Å². The highest BCUT2D eigenvalue weighted by atomic mass is 19.1. The van der Waals surface area contributed by atoms with Gasteiger partial charge in [0.05, 0.1) is 30.0 Å². The number of carbonyl (C=O) groups excluding carboxylic acids is 1. The Kier molecular flexibility index (Phi) is 6.36. The van der Waals surface area contributed by atoms with Gasteiger partial charge in [-0.2, -0.15) is 10.4 Å². The molecule has 0 unspecified atom stereocenters. The predicted octanol–water partition coefficient (Wildman–Crippen LogP) is 5.24. The number of alkyl halides is 1. The Morgan fingerprint density at radius 1 is 1.18 bits per heavy atom. The lowest BCUT2D eigenvalue weighted by molar-refractivity contribution is 0.0785. The number of fused-ring (bicyclic) bond motifs is 1. The molecular weight excluding hydrogens is 419 g/mol. The Hall–Kier alpha value is -4.18. The van der Waals surface area contributed by atoms with Gasteiger partial charge in [-0.1, -0.05) is 24.3 Å². The Morgan fingerprint density at radius 2 is 2.00 bits per heavy atom. The van der Waals surface area contributed by atoms with Crippen molar-refractivity contribution in [1.29, 1.82) is 5.26 Å². The van der Waals surface area contributed by atoms with Gasteiger partial charge in [-0.15, -0.1) is 0 Å². The predicted molar refractivity (Wildman–Crippen MR) is 124 cm³/mol. The molecule has 7 heteroatoms. The molecule has 166 valence electrons. The van der Waals surface area contributed by atoms with Crippen LogP contribution >= 0.6 is 0 Å². The molecule has 0 saturated heterocycles. The lowest BCUT2D eigenvalue weighted by Crippen LogP contribution is -2.26. The largest absolute Gasteiger partial charge is 0.493 e. The molecule has 4 aromatic rings. The molecule has 0 bridgehead atoms. The molecule has 1 N–H and O–H groups in total. The van der Waals surface area contributed by atoms with E-state index in [0.29, 0.717) is 35.6 Å². The first kappa shape index (κ1) is 22.0. The molecule has 3 aromatic carbocycles. The van der Waals surface area contributed by atoms with Gasteiger partial charge in [0.2, 0.25) is 0 Å². The van der Waals surface area contributed by atoms with Crippen molar-refractivity contribution in [2.24, 2.45) is 0 Å². The SMILES string of the molecule is CCOc1cc(C(=O)N(C)Cc2ccc(CF)c3cn[nH]c23)ccc1-c1cccc(C#N)c1. The maximum absolute atomic E-state index is 13.2. The molecule has 0 fully saturated rings. The summed E-state index contributed by atoms with van der Waals surface area (Å²) in [5.41, 5.74) is 4.85. The second-order valence-corrected chi connectivity index (χ2v) is 7.67. The Morgan fingerprint density at radius 3 is 2.76 bits per heavy atom. The van der Waals surface area contributed by atoms with Crippen LogP contribution in [0.5, 0.6) is 5.75 Å². The number of hydrogen-bond donors (Lipinski definition) is 1. The van der Waals surface area contributed by atoms with E-state index < -0.39 is 6.67 Å². The van der Waals surface area contributed by atoms with E-state index in [-0.39, 0.29) is 5.91 Å². The van der Waals surface area contributed by atoms with Gasteiger partial charge < -0.3 is 9.64 Å². The smallest absolute Gasteiger partial charge is 0.254 e. The van der Waals surface area contributed by atoms with Crippen LogP contribution in [-0.2, 0) is 13.2 Å². The van der Waals surface area contributed by atoms with E-state index >= 15 is 0 Å². The monoisotopic (exact) mass is 442 g/mol. The Bertz CT molecular complexity index is 1360. The summed E-state index contributed by atoms with van der Waals surface area (Å²) >= 11 is 0. The number of ether oxygens (including phenoxy) is 1. The zero-order valence-corrected chi connectivity index (χ0v) is 18.4. The minimum atomic E-state index is -0.574. The summed E-state index contributed by atoms with van der Waals surface area (Å²) < 4.78 is 19.1. The lowest BCUT2D eigenvalue weighted by Gasteiger charge is -2.19.